The van der Waals surface area contributed by atoms with E-state index >= 15 is 0 Å². The van der Waals surface area contributed by atoms with Crippen molar-refractivity contribution in [2.75, 3.05) is 32.1 Å². The molecule has 1 aliphatic rings. The smallest absolute Gasteiger partial charge is 0.370 e. The van der Waals surface area contributed by atoms with E-state index in [2.05, 4.69) is 0 Å². The average molecular weight is 303 g/mol. The third-order valence-corrected chi connectivity index (χ3v) is 3.74. The minimum Gasteiger partial charge on any atom is -0.370 e. The summed E-state index contributed by atoms with van der Waals surface area (Å²) in [6.07, 6.45) is -3.88. The summed E-state index contributed by atoms with van der Waals surface area (Å²) in [5.74, 6) is 0. The Bertz CT molecular complexity index is 546. The molecular weight excluding hydrogens is 287 g/mol. The Labute approximate surface area is 120 Å². The summed E-state index contributed by atoms with van der Waals surface area (Å²) in [4.78, 5) is 13.6. The molecule has 0 saturated carbocycles. The molecule has 0 spiro atoms. The number of benzene rings is 1. The first kappa shape index (κ1) is 15.6. The molecule has 1 aliphatic heterocycles. The fourth-order valence-electron chi connectivity index (χ4n) is 2.50. The molecule has 0 N–H and O–H groups in total. The van der Waals surface area contributed by atoms with Crippen LogP contribution in [0.3, 0.4) is 0 Å². The van der Waals surface area contributed by atoms with Crippen LogP contribution in [0.4, 0.5) is 24.5 Å². The third-order valence-electron chi connectivity index (χ3n) is 3.74. The maximum Gasteiger partial charge on any atom is 0.423 e. The van der Waals surface area contributed by atoms with Gasteiger partial charge in [-0.3, -0.25) is 10.1 Å². The molecule has 21 heavy (non-hydrogen) atoms. The molecule has 0 radical (unpaired) electrons. The number of hydrogen-bond acceptors (Lipinski definition) is 4. The molecule has 1 fully saturated rings. The van der Waals surface area contributed by atoms with E-state index in [-0.39, 0.29) is 6.04 Å². The van der Waals surface area contributed by atoms with Crippen LogP contribution in [0.5, 0.6) is 0 Å². The lowest BCUT2D eigenvalue weighted by Crippen LogP contribution is -2.31. The fraction of sp³-hybridized carbons (Fsp3) is 0.538. The molecule has 1 unspecified atom stereocenters. The van der Waals surface area contributed by atoms with Crippen molar-refractivity contribution in [3.63, 3.8) is 0 Å². The number of anilines is 1. The minimum atomic E-state index is -4.74. The van der Waals surface area contributed by atoms with Crippen LogP contribution in [0.1, 0.15) is 12.0 Å². The SMILES string of the molecule is CN(C)C1CCN(c2ccc([N+](=O)[O-])c(C(F)(F)F)c2)C1. The van der Waals surface area contributed by atoms with Crippen LogP contribution in [0.2, 0.25) is 0 Å². The molecule has 116 valence electrons. The Kier molecular flexibility index (Phi) is 4.08. The lowest BCUT2D eigenvalue weighted by molar-refractivity contribution is -0.388. The van der Waals surface area contributed by atoms with Crippen molar-refractivity contribution in [1.82, 2.24) is 4.90 Å². The molecule has 2 rings (SSSR count). The van der Waals surface area contributed by atoms with Gasteiger partial charge in [0.05, 0.1) is 4.92 Å². The maximum atomic E-state index is 12.9. The van der Waals surface area contributed by atoms with Gasteiger partial charge in [0.15, 0.2) is 0 Å². The number of nitro groups is 1. The van der Waals surface area contributed by atoms with Gasteiger partial charge in [-0.1, -0.05) is 0 Å². The van der Waals surface area contributed by atoms with E-state index < -0.39 is 22.4 Å². The summed E-state index contributed by atoms with van der Waals surface area (Å²) < 4.78 is 38.8. The van der Waals surface area contributed by atoms with Gasteiger partial charge in [0.2, 0.25) is 0 Å². The first-order valence-corrected chi connectivity index (χ1v) is 6.47. The summed E-state index contributed by atoms with van der Waals surface area (Å²) in [6, 6.07) is 3.46. The van der Waals surface area contributed by atoms with E-state index in [0.29, 0.717) is 18.8 Å². The Hall–Kier alpha value is -1.83. The van der Waals surface area contributed by atoms with E-state index in [0.717, 1.165) is 18.6 Å². The van der Waals surface area contributed by atoms with Gasteiger partial charge >= 0.3 is 6.18 Å². The predicted molar refractivity (Wildman–Crippen MR) is 72.4 cm³/mol. The van der Waals surface area contributed by atoms with Crippen molar-refractivity contribution < 1.29 is 18.1 Å². The number of likely N-dealkylation sites (N-methyl/N-ethyl adjacent to an activating group) is 1. The molecule has 0 amide bonds. The van der Waals surface area contributed by atoms with Crippen LogP contribution in [0, 0.1) is 10.1 Å². The standard InChI is InChI=1S/C13H16F3N3O2/c1-17(2)10-5-6-18(8-10)9-3-4-12(19(20)21)11(7-9)13(14,15)16/h3-4,7,10H,5-6,8H2,1-2H3. The van der Waals surface area contributed by atoms with Gasteiger partial charge in [-0.2, -0.15) is 13.2 Å². The highest BCUT2D eigenvalue weighted by Gasteiger charge is 2.39. The van der Waals surface area contributed by atoms with Crippen LogP contribution < -0.4 is 4.90 Å². The van der Waals surface area contributed by atoms with Crippen molar-refractivity contribution in [2.24, 2.45) is 0 Å². The largest absolute Gasteiger partial charge is 0.423 e. The van der Waals surface area contributed by atoms with E-state index in [1.54, 1.807) is 0 Å². The second-order valence-corrected chi connectivity index (χ2v) is 5.31. The molecule has 1 aromatic carbocycles. The van der Waals surface area contributed by atoms with Gasteiger partial charge in [0.25, 0.3) is 5.69 Å². The topological polar surface area (TPSA) is 49.6 Å². The zero-order chi connectivity index (χ0) is 15.8. The van der Waals surface area contributed by atoms with Gasteiger partial charge in [0, 0.05) is 30.9 Å². The lowest BCUT2D eigenvalue weighted by atomic mass is 10.1. The number of alkyl halides is 3. The number of rotatable bonds is 3. The summed E-state index contributed by atoms with van der Waals surface area (Å²) >= 11 is 0. The van der Waals surface area contributed by atoms with Gasteiger partial charge in [-0.05, 0) is 32.6 Å². The Balaban J connectivity index is 2.33. The fourth-order valence-corrected chi connectivity index (χ4v) is 2.50. The molecule has 0 aliphatic carbocycles. The van der Waals surface area contributed by atoms with Crippen molar-refractivity contribution in [2.45, 2.75) is 18.6 Å². The van der Waals surface area contributed by atoms with Gasteiger partial charge < -0.3 is 9.80 Å². The number of halogens is 3. The van der Waals surface area contributed by atoms with E-state index in [1.165, 1.54) is 6.07 Å². The highest BCUT2D eigenvalue weighted by atomic mass is 19.4. The molecule has 1 saturated heterocycles. The second-order valence-electron chi connectivity index (χ2n) is 5.31. The van der Waals surface area contributed by atoms with Crippen LogP contribution in [0.15, 0.2) is 18.2 Å². The Morgan fingerprint density at radius 1 is 1.38 bits per heavy atom. The molecule has 0 aromatic heterocycles. The first-order valence-electron chi connectivity index (χ1n) is 6.47. The van der Waals surface area contributed by atoms with Crippen molar-refractivity contribution >= 4 is 11.4 Å². The van der Waals surface area contributed by atoms with E-state index in [4.69, 9.17) is 0 Å². The van der Waals surface area contributed by atoms with Crippen LogP contribution >= 0.6 is 0 Å². The molecular formula is C13H16F3N3O2. The quantitative estimate of drug-likeness (QED) is 0.636. The van der Waals surface area contributed by atoms with Crippen LogP contribution in [-0.4, -0.2) is 43.0 Å². The van der Waals surface area contributed by atoms with Gasteiger partial charge in [-0.25, -0.2) is 0 Å². The molecule has 1 aromatic rings. The zero-order valence-corrected chi connectivity index (χ0v) is 11.7. The molecule has 0 bridgehead atoms. The van der Waals surface area contributed by atoms with Crippen LogP contribution in [-0.2, 0) is 6.18 Å². The monoisotopic (exact) mass is 303 g/mol. The average Bonchev–Trinajstić information content (AvgIpc) is 2.86. The zero-order valence-electron chi connectivity index (χ0n) is 11.7. The maximum absolute atomic E-state index is 12.9. The molecule has 8 heteroatoms. The van der Waals surface area contributed by atoms with Crippen molar-refractivity contribution in [3.05, 3.63) is 33.9 Å². The van der Waals surface area contributed by atoms with E-state index in [1.807, 2.05) is 23.9 Å². The Morgan fingerprint density at radius 2 is 2.05 bits per heavy atom. The summed E-state index contributed by atoms with van der Waals surface area (Å²) in [5.41, 5.74) is -1.73. The molecule has 1 heterocycles. The normalized spacial score (nSPS) is 19.3. The van der Waals surface area contributed by atoms with Gasteiger partial charge in [-0.15, -0.1) is 0 Å². The molecule has 5 nitrogen and oxygen atoms in total. The predicted octanol–water partition coefficient (Wildman–Crippen LogP) is 2.75. The second kappa shape index (κ2) is 5.51. The number of hydrogen-bond donors (Lipinski definition) is 0. The first-order chi connectivity index (χ1) is 9.70. The lowest BCUT2D eigenvalue weighted by Gasteiger charge is -2.22. The summed E-state index contributed by atoms with van der Waals surface area (Å²) in [5, 5.41) is 10.7. The van der Waals surface area contributed by atoms with Crippen LogP contribution in [0.25, 0.3) is 0 Å². The number of nitrogens with zero attached hydrogens (tertiary/aromatic N) is 3. The summed E-state index contributed by atoms with van der Waals surface area (Å²) in [7, 11) is 3.84. The summed E-state index contributed by atoms with van der Waals surface area (Å²) in [6.45, 7) is 1.25. The van der Waals surface area contributed by atoms with Crippen molar-refractivity contribution in [1.29, 1.82) is 0 Å². The highest BCUT2D eigenvalue weighted by Crippen LogP contribution is 2.38. The Morgan fingerprint density at radius 3 is 2.52 bits per heavy atom. The third kappa shape index (κ3) is 3.26. The number of nitro benzene ring substituents is 1. The van der Waals surface area contributed by atoms with Gasteiger partial charge in [0.1, 0.15) is 5.56 Å². The van der Waals surface area contributed by atoms with E-state index in [9.17, 15) is 23.3 Å². The highest BCUT2D eigenvalue weighted by molar-refractivity contribution is 5.57. The minimum absolute atomic E-state index is 0.273. The van der Waals surface area contributed by atoms with Crippen molar-refractivity contribution in [3.8, 4) is 0 Å². The molecule has 1 atom stereocenters.